The van der Waals surface area contributed by atoms with Gasteiger partial charge in [-0.05, 0) is 6.92 Å². The van der Waals surface area contributed by atoms with Crippen LogP contribution in [0.5, 0.6) is 0 Å². The van der Waals surface area contributed by atoms with Crippen molar-refractivity contribution in [2.45, 2.75) is 38.5 Å². The summed E-state index contributed by atoms with van der Waals surface area (Å²) in [6.45, 7) is 2.74. The monoisotopic (exact) mass is 422 g/mol. The summed E-state index contributed by atoms with van der Waals surface area (Å²) in [5, 5.41) is 28.5. The number of carbonyl (C=O) groups excluding carboxylic acids is 2. The van der Waals surface area contributed by atoms with Crippen LogP contribution < -0.4 is 15.4 Å². The van der Waals surface area contributed by atoms with Crippen LogP contribution in [0.25, 0.3) is 0 Å². The van der Waals surface area contributed by atoms with E-state index in [1.54, 1.807) is 6.07 Å². The Balaban J connectivity index is 0.000000504. The SMILES string of the molecule is CC(=O)Nc1ccccc1[As](=O)(O)OO.CC(O)C(N)C(O)CC=O. The van der Waals surface area contributed by atoms with E-state index in [4.69, 9.17) is 21.2 Å². The quantitative estimate of drug-likeness (QED) is 0.130. The number of hydrogen-bond donors (Lipinski definition) is 6. The van der Waals surface area contributed by atoms with Crippen molar-refractivity contribution in [1.29, 1.82) is 0 Å². The van der Waals surface area contributed by atoms with Crippen molar-refractivity contribution in [2.75, 3.05) is 5.32 Å². The number of rotatable bonds is 7. The Morgan fingerprint density at radius 1 is 1.40 bits per heavy atom. The van der Waals surface area contributed by atoms with Gasteiger partial charge in [0, 0.05) is 6.42 Å². The average molecular weight is 422 g/mol. The molecular weight excluding hydrogens is 399 g/mol. The summed E-state index contributed by atoms with van der Waals surface area (Å²) in [5.74, 6) is -0.379. The van der Waals surface area contributed by atoms with Gasteiger partial charge in [-0.25, -0.2) is 0 Å². The summed E-state index contributed by atoms with van der Waals surface area (Å²) in [6, 6.07) is 5.11. The molecule has 0 fully saturated rings. The van der Waals surface area contributed by atoms with E-state index < -0.39 is 32.4 Å². The molecule has 0 aromatic heterocycles. The summed E-state index contributed by atoms with van der Waals surface area (Å²) in [4.78, 5) is 20.6. The van der Waals surface area contributed by atoms with Gasteiger partial charge in [-0.3, -0.25) is 0 Å². The van der Waals surface area contributed by atoms with Gasteiger partial charge in [-0.1, -0.05) is 0 Å². The Hall–Kier alpha value is -1.52. The van der Waals surface area contributed by atoms with Crippen molar-refractivity contribution in [1.82, 2.24) is 0 Å². The average Bonchev–Trinajstić information content (AvgIpc) is 2.54. The minimum atomic E-state index is -4.92. The second-order valence-electron chi connectivity index (χ2n) is 5.09. The van der Waals surface area contributed by atoms with E-state index in [-0.39, 0.29) is 22.4 Å². The second-order valence-corrected chi connectivity index (χ2v) is 8.63. The van der Waals surface area contributed by atoms with Gasteiger partial charge in [0.2, 0.25) is 0 Å². The maximum absolute atomic E-state index is 11.4. The molecule has 0 bridgehead atoms. The molecule has 0 aliphatic rings. The van der Waals surface area contributed by atoms with Gasteiger partial charge in [-0.15, -0.1) is 0 Å². The molecule has 4 atom stereocenters. The van der Waals surface area contributed by atoms with E-state index in [2.05, 4.69) is 9.19 Å². The third kappa shape index (κ3) is 8.41. The number of para-hydroxylation sites is 1. The van der Waals surface area contributed by atoms with Crippen LogP contribution in [0, 0.1) is 0 Å². The van der Waals surface area contributed by atoms with Crippen LogP contribution >= 0.6 is 0 Å². The molecule has 0 saturated heterocycles. The topological polar surface area (TPSA) is 179 Å². The number of benzene rings is 1. The number of aldehydes is 1. The Kier molecular flexibility index (Phi) is 10.5. The van der Waals surface area contributed by atoms with Crippen LogP contribution in [-0.2, 0) is 17.2 Å². The maximum atomic E-state index is 11.4. The van der Waals surface area contributed by atoms with E-state index in [0.717, 1.165) is 0 Å². The van der Waals surface area contributed by atoms with Crippen LogP contribution in [0.3, 0.4) is 0 Å². The maximum Gasteiger partial charge on any atom is 0.122 e. The summed E-state index contributed by atoms with van der Waals surface area (Å²) in [6.07, 6.45) is -1.16. The molecule has 0 aliphatic carbocycles. The first-order chi connectivity index (χ1) is 11.6. The Morgan fingerprint density at radius 2 is 1.96 bits per heavy atom. The number of anilines is 1. The fraction of sp³-hybridized carbons (Fsp3) is 0.429. The molecule has 1 aromatic rings. The fourth-order valence-electron chi connectivity index (χ4n) is 1.64. The molecule has 0 saturated carbocycles. The van der Waals surface area contributed by atoms with Gasteiger partial charge < -0.3 is 20.7 Å². The van der Waals surface area contributed by atoms with Gasteiger partial charge >= 0.3 is 88.4 Å². The van der Waals surface area contributed by atoms with Crippen molar-refractivity contribution in [3.8, 4) is 0 Å². The molecule has 11 heteroatoms. The van der Waals surface area contributed by atoms with Gasteiger partial charge in [0.05, 0.1) is 18.2 Å². The Labute approximate surface area is 147 Å². The normalized spacial score (nSPS) is 16.4. The van der Waals surface area contributed by atoms with Crippen LogP contribution in [0.1, 0.15) is 20.3 Å². The molecule has 1 rings (SSSR count). The zero-order chi connectivity index (χ0) is 19.6. The van der Waals surface area contributed by atoms with E-state index in [0.29, 0.717) is 6.29 Å². The Bertz CT molecular complexity index is 610. The number of hydrogen-bond acceptors (Lipinski definition) is 8. The molecule has 4 unspecified atom stereocenters. The van der Waals surface area contributed by atoms with Gasteiger partial charge in [0.15, 0.2) is 0 Å². The summed E-state index contributed by atoms with van der Waals surface area (Å²) in [7, 11) is 0. The van der Waals surface area contributed by atoms with Crippen LogP contribution in [0.4, 0.5) is 5.69 Å². The van der Waals surface area contributed by atoms with E-state index in [1.165, 1.54) is 32.0 Å². The second kappa shape index (κ2) is 11.2. The number of nitrogens with one attached hydrogen (secondary N) is 1. The molecule has 142 valence electrons. The molecule has 10 nitrogen and oxygen atoms in total. The van der Waals surface area contributed by atoms with E-state index in [9.17, 15) is 17.4 Å². The largest absolute Gasteiger partial charge is 0.392 e. The van der Waals surface area contributed by atoms with E-state index >= 15 is 0 Å². The smallest absolute Gasteiger partial charge is 0.122 e. The molecule has 0 radical (unpaired) electrons. The van der Waals surface area contributed by atoms with Crippen molar-refractivity contribution in [2.24, 2.45) is 5.73 Å². The predicted molar refractivity (Wildman–Crippen MR) is 89.1 cm³/mol. The molecule has 1 aromatic carbocycles. The summed E-state index contributed by atoms with van der Waals surface area (Å²) >= 11 is -4.92. The van der Waals surface area contributed by atoms with Crippen LogP contribution in [-0.4, -0.2) is 64.2 Å². The van der Waals surface area contributed by atoms with E-state index in [1.807, 2.05) is 0 Å². The minimum absolute atomic E-state index is 0.0218. The molecule has 0 heterocycles. The zero-order valence-electron chi connectivity index (χ0n) is 13.8. The van der Waals surface area contributed by atoms with Crippen molar-refractivity contribution in [3.05, 3.63) is 24.3 Å². The number of amides is 1. The third-order valence-corrected chi connectivity index (χ3v) is 5.53. The van der Waals surface area contributed by atoms with Crippen molar-refractivity contribution in [3.63, 3.8) is 0 Å². The first-order valence-electron chi connectivity index (χ1n) is 7.15. The van der Waals surface area contributed by atoms with Crippen molar-refractivity contribution >= 4 is 36.4 Å². The molecule has 7 N–H and O–H groups in total. The summed E-state index contributed by atoms with van der Waals surface area (Å²) < 4.78 is 24.1. The number of aliphatic hydroxyl groups excluding tert-OH is 2. The molecule has 0 aliphatic heterocycles. The van der Waals surface area contributed by atoms with Crippen molar-refractivity contribution < 1.29 is 36.8 Å². The standard InChI is InChI=1S/C8H10AsNO5.C6H13NO3/c1-6(11)10-8-5-3-2-4-7(8)9(12,13)15-14;1-4(9)6(7)5(10)2-3-8/h2-5,14H,1H3,(H,10,11)(H,12,13);3-6,9-10H,2,7H2,1H3. The first-order valence-corrected chi connectivity index (χ1v) is 10.5. The summed E-state index contributed by atoms with van der Waals surface area (Å²) in [5.41, 5.74) is 5.44. The van der Waals surface area contributed by atoms with Gasteiger partial charge in [0.25, 0.3) is 0 Å². The fourth-order valence-corrected chi connectivity index (χ4v) is 3.31. The third-order valence-electron chi connectivity index (χ3n) is 2.97. The number of aliphatic hydroxyl groups is 2. The predicted octanol–water partition coefficient (Wildman–Crippen LogP) is -1.65. The molecule has 1 amide bonds. The number of carbonyl (C=O) groups is 2. The van der Waals surface area contributed by atoms with Crippen LogP contribution in [0.15, 0.2) is 24.3 Å². The van der Waals surface area contributed by atoms with Gasteiger partial charge in [-0.2, -0.15) is 0 Å². The minimum Gasteiger partial charge on any atom is -0.392 e. The van der Waals surface area contributed by atoms with Crippen LogP contribution in [0.2, 0.25) is 0 Å². The Morgan fingerprint density at radius 3 is 2.40 bits per heavy atom. The number of nitrogens with two attached hydrogens (primary N) is 1. The molecular formula is C14H23AsN2O8. The first kappa shape index (κ1) is 23.5. The van der Waals surface area contributed by atoms with Gasteiger partial charge in [0.1, 0.15) is 6.29 Å². The zero-order valence-corrected chi connectivity index (χ0v) is 15.6. The molecule has 25 heavy (non-hydrogen) atoms. The molecule has 0 spiro atoms.